The number of rotatable bonds is 3. The van der Waals surface area contributed by atoms with E-state index in [1.54, 1.807) is 13.0 Å². The molecule has 126 valence electrons. The first-order valence-corrected chi connectivity index (χ1v) is 9.59. The molecule has 0 aliphatic heterocycles. The van der Waals surface area contributed by atoms with Crippen LogP contribution in [0.15, 0.2) is 39.8 Å². The second kappa shape index (κ2) is 5.50. The van der Waals surface area contributed by atoms with E-state index in [0.29, 0.717) is 12.2 Å². The van der Waals surface area contributed by atoms with Crippen LogP contribution in [0.1, 0.15) is 29.0 Å². The molecule has 0 spiro atoms. The van der Waals surface area contributed by atoms with Gasteiger partial charge in [-0.2, -0.15) is 0 Å². The first-order valence-electron chi connectivity index (χ1n) is 8.11. The molecule has 3 aromatic rings. The number of fused-ring (bicyclic) bond motifs is 3. The molecule has 2 aromatic heterocycles. The van der Waals surface area contributed by atoms with Crippen molar-refractivity contribution in [2.75, 3.05) is 0 Å². The summed E-state index contributed by atoms with van der Waals surface area (Å²) in [6, 6.07) is 9.39. The summed E-state index contributed by atoms with van der Waals surface area (Å²) in [5, 5.41) is 1.18. The van der Waals surface area contributed by atoms with Gasteiger partial charge in [0.15, 0.2) is 0 Å². The summed E-state index contributed by atoms with van der Waals surface area (Å²) >= 11 is 0. The van der Waals surface area contributed by atoms with Gasteiger partial charge in [-0.15, -0.1) is 0 Å². The van der Waals surface area contributed by atoms with E-state index in [4.69, 9.17) is 4.42 Å². The molecular weight excluding hydrogens is 324 g/mol. The standard InChI is InChI=1S/C18H20N2O3S/c1-11-3-6-16-14(9-11)15-10-13(5-7-17(15)19-16)20-24(21,22)18-8-4-12(2)23-18/h3-4,6,8-9,13,19-20H,5,7,10H2,1-2H3. The zero-order valence-electron chi connectivity index (χ0n) is 13.7. The van der Waals surface area contributed by atoms with E-state index in [9.17, 15) is 8.42 Å². The van der Waals surface area contributed by atoms with E-state index in [1.165, 1.54) is 28.3 Å². The Kier molecular flexibility index (Phi) is 3.54. The van der Waals surface area contributed by atoms with Crippen molar-refractivity contribution in [3.05, 3.63) is 52.9 Å². The molecule has 1 atom stereocenters. The average Bonchev–Trinajstić information content (AvgIpc) is 3.11. The highest BCUT2D eigenvalue weighted by atomic mass is 32.2. The third-order valence-electron chi connectivity index (χ3n) is 4.65. The van der Waals surface area contributed by atoms with Crippen LogP contribution in [0.2, 0.25) is 0 Å². The number of aromatic amines is 1. The van der Waals surface area contributed by atoms with Gasteiger partial charge in [-0.3, -0.25) is 0 Å². The summed E-state index contributed by atoms with van der Waals surface area (Å²) in [5.74, 6) is 0.591. The Bertz CT molecular complexity index is 1010. The number of nitrogens with one attached hydrogen (secondary N) is 2. The van der Waals surface area contributed by atoms with Crippen molar-refractivity contribution in [1.29, 1.82) is 0 Å². The van der Waals surface area contributed by atoms with Crippen molar-refractivity contribution in [2.24, 2.45) is 0 Å². The van der Waals surface area contributed by atoms with E-state index in [0.717, 1.165) is 18.4 Å². The van der Waals surface area contributed by atoms with E-state index in [-0.39, 0.29) is 11.1 Å². The largest absolute Gasteiger partial charge is 0.449 e. The molecule has 1 aliphatic carbocycles. The zero-order chi connectivity index (χ0) is 16.9. The van der Waals surface area contributed by atoms with E-state index in [2.05, 4.69) is 34.8 Å². The van der Waals surface area contributed by atoms with Crippen molar-refractivity contribution in [1.82, 2.24) is 9.71 Å². The normalized spacial score (nSPS) is 18.0. The maximum atomic E-state index is 12.5. The molecule has 2 N–H and O–H groups in total. The average molecular weight is 344 g/mol. The molecule has 1 unspecified atom stereocenters. The molecule has 1 aliphatic rings. The molecular formula is C18H20N2O3S. The lowest BCUT2D eigenvalue weighted by Gasteiger charge is -2.23. The van der Waals surface area contributed by atoms with Crippen LogP contribution in [0.3, 0.4) is 0 Å². The third-order valence-corrected chi connectivity index (χ3v) is 6.04. The van der Waals surface area contributed by atoms with Crippen molar-refractivity contribution >= 4 is 20.9 Å². The van der Waals surface area contributed by atoms with Gasteiger partial charge in [0.25, 0.3) is 10.0 Å². The van der Waals surface area contributed by atoms with Crippen molar-refractivity contribution in [3.8, 4) is 0 Å². The van der Waals surface area contributed by atoms with Crippen LogP contribution in [0.5, 0.6) is 0 Å². The summed E-state index contributed by atoms with van der Waals surface area (Å²) in [4.78, 5) is 3.47. The fourth-order valence-electron chi connectivity index (χ4n) is 3.47. The van der Waals surface area contributed by atoms with Crippen LogP contribution in [0.4, 0.5) is 0 Å². The molecule has 6 heteroatoms. The minimum absolute atomic E-state index is 0.0134. The first kappa shape index (κ1) is 15.5. The third kappa shape index (κ3) is 2.65. The van der Waals surface area contributed by atoms with E-state index in [1.807, 2.05) is 0 Å². The second-order valence-corrected chi connectivity index (χ2v) is 8.20. The van der Waals surface area contributed by atoms with Gasteiger partial charge in [0.1, 0.15) is 5.76 Å². The lowest BCUT2D eigenvalue weighted by Crippen LogP contribution is -2.38. The number of furan rings is 1. The molecule has 0 saturated heterocycles. The monoisotopic (exact) mass is 344 g/mol. The van der Waals surface area contributed by atoms with Gasteiger partial charge in [0.05, 0.1) is 0 Å². The first-order chi connectivity index (χ1) is 11.4. The molecule has 5 nitrogen and oxygen atoms in total. The van der Waals surface area contributed by atoms with Gasteiger partial charge < -0.3 is 9.40 Å². The predicted octanol–water partition coefficient (Wildman–Crippen LogP) is 3.21. The van der Waals surface area contributed by atoms with Gasteiger partial charge in [0, 0.05) is 22.6 Å². The van der Waals surface area contributed by atoms with E-state index >= 15 is 0 Å². The molecule has 24 heavy (non-hydrogen) atoms. The van der Waals surface area contributed by atoms with Crippen molar-refractivity contribution in [3.63, 3.8) is 0 Å². The summed E-state index contributed by atoms with van der Waals surface area (Å²) in [6.07, 6.45) is 2.31. The Labute approximate surface area is 141 Å². The van der Waals surface area contributed by atoms with Crippen LogP contribution in [0.25, 0.3) is 10.9 Å². The number of aromatic nitrogens is 1. The highest BCUT2D eigenvalue weighted by molar-refractivity contribution is 7.89. The van der Waals surface area contributed by atoms with Gasteiger partial charge in [-0.1, -0.05) is 11.6 Å². The van der Waals surface area contributed by atoms with Crippen LogP contribution in [-0.4, -0.2) is 19.4 Å². The summed E-state index contributed by atoms with van der Waals surface area (Å²) in [7, 11) is -3.61. The Morgan fingerprint density at radius 2 is 2.04 bits per heavy atom. The van der Waals surface area contributed by atoms with Crippen LogP contribution >= 0.6 is 0 Å². The van der Waals surface area contributed by atoms with E-state index < -0.39 is 10.0 Å². The highest BCUT2D eigenvalue weighted by Gasteiger charge is 2.28. The minimum atomic E-state index is -3.61. The Balaban J connectivity index is 1.62. The van der Waals surface area contributed by atoms with Crippen LogP contribution in [0, 0.1) is 13.8 Å². The predicted molar refractivity (Wildman–Crippen MR) is 92.6 cm³/mol. The van der Waals surface area contributed by atoms with Gasteiger partial charge in [-0.05, 0) is 62.9 Å². The number of benzene rings is 1. The topological polar surface area (TPSA) is 75.1 Å². The van der Waals surface area contributed by atoms with Crippen LogP contribution in [-0.2, 0) is 22.9 Å². The van der Waals surface area contributed by atoms with Gasteiger partial charge in [0.2, 0.25) is 5.09 Å². The summed E-state index contributed by atoms with van der Waals surface area (Å²) in [5.41, 5.74) is 4.77. The quantitative estimate of drug-likeness (QED) is 0.766. The molecule has 2 heterocycles. The number of hydrogen-bond acceptors (Lipinski definition) is 3. The molecule has 4 rings (SSSR count). The number of hydrogen-bond donors (Lipinski definition) is 2. The molecule has 0 radical (unpaired) electrons. The smallest absolute Gasteiger partial charge is 0.274 e. The number of aryl methyl sites for hydroxylation is 3. The Morgan fingerprint density at radius 1 is 1.21 bits per heavy atom. The highest BCUT2D eigenvalue weighted by Crippen LogP contribution is 2.30. The van der Waals surface area contributed by atoms with Gasteiger partial charge >= 0.3 is 0 Å². The lowest BCUT2D eigenvalue weighted by atomic mass is 9.92. The Morgan fingerprint density at radius 3 is 2.79 bits per heavy atom. The minimum Gasteiger partial charge on any atom is -0.449 e. The van der Waals surface area contributed by atoms with Crippen LogP contribution < -0.4 is 4.72 Å². The lowest BCUT2D eigenvalue weighted by molar-refractivity contribution is 0.418. The van der Waals surface area contributed by atoms with Crippen molar-refractivity contribution in [2.45, 2.75) is 44.2 Å². The maximum absolute atomic E-state index is 12.5. The molecule has 0 bridgehead atoms. The fraction of sp³-hybridized carbons (Fsp3) is 0.333. The molecule has 1 aromatic carbocycles. The Hall–Kier alpha value is -2.05. The zero-order valence-corrected chi connectivity index (χ0v) is 14.5. The molecule has 0 amide bonds. The fourth-order valence-corrected chi connectivity index (χ4v) is 4.71. The molecule has 0 saturated carbocycles. The second-order valence-electron chi connectivity index (χ2n) is 6.56. The molecule has 0 fully saturated rings. The number of sulfonamides is 1. The number of H-pyrrole nitrogens is 1. The summed E-state index contributed by atoms with van der Waals surface area (Å²) < 4.78 is 33.0. The maximum Gasteiger partial charge on any atom is 0.274 e. The SMILES string of the molecule is Cc1ccc2[nH]c3c(c2c1)CC(NS(=O)(=O)c1ccc(C)o1)CC3. The van der Waals surface area contributed by atoms with Crippen molar-refractivity contribution < 1.29 is 12.8 Å². The van der Waals surface area contributed by atoms with Gasteiger partial charge in [-0.25, -0.2) is 13.1 Å². The summed E-state index contributed by atoms with van der Waals surface area (Å²) in [6.45, 7) is 3.81.